The van der Waals surface area contributed by atoms with Crippen LogP contribution in [0.2, 0.25) is 0 Å². The van der Waals surface area contributed by atoms with Gasteiger partial charge in [-0.25, -0.2) is 0 Å². The number of non-ortho nitro benzene ring substituents is 1. The van der Waals surface area contributed by atoms with Crippen LogP contribution in [0.25, 0.3) is 0 Å². The standard InChI is InChI=1S/C15H17BrN4O4/c16-12-9-11(20(23)24)3-4-13(12)18-5-7-19(8-6-18)15(22)14(21)17-10-1-2-10/h3-4,9-10H,1-2,5-8H2,(H,17,21). The molecule has 0 aromatic heterocycles. The maximum atomic E-state index is 12.1. The Labute approximate surface area is 147 Å². The minimum atomic E-state index is -0.525. The molecule has 0 radical (unpaired) electrons. The van der Waals surface area contributed by atoms with E-state index in [1.54, 1.807) is 11.0 Å². The summed E-state index contributed by atoms with van der Waals surface area (Å²) in [5.74, 6) is -1.01. The van der Waals surface area contributed by atoms with Gasteiger partial charge in [-0.1, -0.05) is 0 Å². The Morgan fingerprint density at radius 3 is 2.42 bits per heavy atom. The van der Waals surface area contributed by atoms with Crippen LogP contribution >= 0.6 is 15.9 Å². The number of nitro groups is 1. The summed E-state index contributed by atoms with van der Waals surface area (Å²) in [4.78, 5) is 37.9. The number of rotatable bonds is 3. The number of hydrogen-bond acceptors (Lipinski definition) is 5. The molecule has 1 heterocycles. The predicted octanol–water partition coefficient (Wildman–Crippen LogP) is 1.28. The lowest BCUT2D eigenvalue weighted by molar-refractivity contribution is -0.384. The van der Waals surface area contributed by atoms with Gasteiger partial charge in [0, 0.05) is 48.8 Å². The number of nitro benzene ring substituents is 1. The number of nitrogens with one attached hydrogen (secondary N) is 1. The minimum Gasteiger partial charge on any atom is -0.367 e. The van der Waals surface area contributed by atoms with Gasteiger partial charge < -0.3 is 15.1 Å². The molecule has 3 rings (SSSR count). The number of benzene rings is 1. The Kier molecular flexibility index (Phi) is 4.70. The SMILES string of the molecule is O=C(NC1CC1)C(=O)N1CCN(c2ccc([N+](=O)[O-])cc2Br)CC1. The molecule has 0 atom stereocenters. The largest absolute Gasteiger partial charge is 0.367 e. The number of halogens is 1. The summed E-state index contributed by atoms with van der Waals surface area (Å²) in [7, 11) is 0. The van der Waals surface area contributed by atoms with Crippen LogP contribution in [0.15, 0.2) is 22.7 Å². The molecule has 0 unspecified atom stereocenters. The lowest BCUT2D eigenvalue weighted by atomic mass is 10.2. The van der Waals surface area contributed by atoms with Gasteiger partial charge in [-0.05, 0) is 34.8 Å². The molecule has 1 aliphatic heterocycles. The molecule has 2 amide bonds. The van der Waals surface area contributed by atoms with Crippen LogP contribution < -0.4 is 10.2 Å². The zero-order valence-electron chi connectivity index (χ0n) is 12.9. The smallest absolute Gasteiger partial charge is 0.312 e. The van der Waals surface area contributed by atoms with E-state index in [1.807, 2.05) is 4.90 Å². The summed E-state index contributed by atoms with van der Waals surface area (Å²) >= 11 is 3.36. The third kappa shape index (κ3) is 3.66. The van der Waals surface area contributed by atoms with E-state index in [-0.39, 0.29) is 11.7 Å². The second-order valence-electron chi connectivity index (χ2n) is 5.92. The van der Waals surface area contributed by atoms with Crippen molar-refractivity contribution in [2.24, 2.45) is 0 Å². The zero-order chi connectivity index (χ0) is 17.3. The average molecular weight is 397 g/mol. The Balaban J connectivity index is 1.59. The van der Waals surface area contributed by atoms with Crippen LogP contribution in [0.5, 0.6) is 0 Å². The molecule has 0 bridgehead atoms. The molecular weight excluding hydrogens is 380 g/mol. The van der Waals surface area contributed by atoms with Crippen LogP contribution in [0.1, 0.15) is 12.8 Å². The summed E-state index contributed by atoms with van der Waals surface area (Å²) in [6.07, 6.45) is 1.89. The Morgan fingerprint density at radius 2 is 1.88 bits per heavy atom. The van der Waals surface area contributed by atoms with Crippen molar-refractivity contribution in [1.29, 1.82) is 0 Å². The van der Waals surface area contributed by atoms with Gasteiger partial charge >= 0.3 is 11.8 Å². The van der Waals surface area contributed by atoms with E-state index < -0.39 is 16.7 Å². The van der Waals surface area contributed by atoms with Crippen molar-refractivity contribution in [3.05, 3.63) is 32.8 Å². The van der Waals surface area contributed by atoms with Crippen molar-refractivity contribution in [2.75, 3.05) is 31.1 Å². The second kappa shape index (κ2) is 6.76. The van der Waals surface area contributed by atoms with Crippen LogP contribution in [0.3, 0.4) is 0 Å². The van der Waals surface area contributed by atoms with Crippen LogP contribution in [-0.2, 0) is 9.59 Å². The summed E-state index contributed by atoms with van der Waals surface area (Å²) < 4.78 is 0.642. The van der Waals surface area contributed by atoms with E-state index in [0.29, 0.717) is 30.7 Å². The number of carbonyl (C=O) groups excluding carboxylic acids is 2. The normalized spacial score (nSPS) is 17.5. The van der Waals surface area contributed by atoms with E-state index in [4.69, 9.17) is 0 Å². The average Bonchev–Trinajstić information content (AvgIpc) is 3.38. The summed E-state index contributed by atoms with van der Waals surface area (Å²) in [5, 5.41) is 13.5. The number of nitrogens with zero attached hydrogens (tertiary/aromatic N) is 3. The van der Waals surface area contributed by atoms with Crippen molar-refractivity contribution >= 4 is 39.1 Å². The highest BCUT2D eigenvalue weighted by Crippen LogP contribution is 2.30. The Bertz CT molecular complexity index is 684. The number of anilines is 1. The monoisotopic (exact) mass is 396 g/mol. The molecule has 1 aromatic rings. The molecule has 128 valence electrons. The molecule has 0 spiro atoms. The Hall–Kier alpha value is -2.16. The molecule has 1 saturated carbocycles. The van der Waals surface area contributed by atoms with Gasteiger partial charge in [0.05, 0.1) is 10.6 Å². The fourth-order valence-electron chi connectivity index (χ4n) is 2.63. The van der Waals surface area contributed by atoms with Gasteiger partial charge in [0.15, 0.2) is 0 Å². The van der Waals surface area contributed by atoms with Crippen molar-refractivity contribution in [2.45, 2.75) is 18.9 Å². The first-order chi connectivity index (χ1) is 11.5. The number of amides is 2. The van der Waals surface area contributed by atoms with Gasteiger partial charge in [-0.3, -0.25) is 19.7 Å². The van der Waals surface area contributed by atoms with Gasteiger partial charge in [0.25, 0.3) is 5.69 Å². The summed E-state index contributed by atoms with van der Waals surface area (Å²) in [6.45, 7) is 2.03. The first kappa shape index (κ1) is 16.7. The summed E-state index contributed by atoms with van der Waals surface area (Å²) in [6, 6.07) is 4.79. The van der Waals surface area contributed by atoms with Crippen molar-refractivity contribution < 1.29 is 14.5 Å². The Morgan fingerprint density at radius 1 is 1.21 bits per heavy atom. The third-order valence-electron chi connectivity index (χ3n) is 4.16. The molecule has 1 aliphatic carbocycles. The van der Waals surface area contributed by atoms with Gasteiger partial charge in [0.2, 0.25) is 0 Å². The molecule has 1 aromatic carbocycles. The third-order valence-corrected chi connectivity index (χ3v) is 4.79. The van der Waals surface area contributed by atoms with Crippen molar-refractivity contribution in [1.82, 2.24) is 10.2 Å². The molecule has 8 nitrogen and oxygen atoms in total. The van der Waals surface area contributed by atoms with Gasteiger partial charge in [-0.15, -0.1) is 0 Å². The molecule has 1 saturated heterocycles. The fourth-order valence-corrected chi connectivity index (χ4v) is 3.25. The van der Waals surface area contributed by atoms with E-state index in [9.17, 15) is 19.7 Å². The van der Waals surface area contributed by atoms with Crippen LogP contribution in [0, 0.1) is 10.1 Å². The van der Waals surface area contributed by atoms with Gasteiger partial charge in [0.1, 0.15) is 0 Å². The maximum absolute atomic E-state index is 12.1. The maximum Gasteiger partial charge on any atom is 0.312 e. The fraction of sp³-hybridized carbons (Fsp3) is 0.467. The molecule has 24 heavy (non-hydrogen) atoms. The van der Waals surface area contributed by atoms with E-state index in [1.165, 1.54) is 12.1 Å². The highest BCUT2D eigenvalue weighted by atomic mass is 79.9. The van der Waals surface area contributed by atoms with E-state index >= 15 is 0 Å². The molecule has 1 N–H and O–H groups in total. The highest BCUT2D eigenvalue weighted by Gasteiger charge is 2.31. The quantitative estimate of drug-likeness (QED) is 0.471. The molecular formula is C15H17BrN4O4. The van der Waals surface area contributed by atoms with Gasteiger partial charge in [-0.2, -0.15) is 0 Å². The zero-order valence-corrected chi connectivity index (χ0v) is 14.5. The first-order valence-corrected chi connectivity index (χ1v) is 8.53. The van der Waals surface area contributed by atoms with E-state index in [2.05, 4.69) is 21.2 Å². The van der Waals surface area contributed by atoms with Crippen LogP contribution in [-0.4, -0.2) is 53.9 Å². The summed E-state index contributed by atoms with van der Waals surface area (Å²) in [5.41, 5.74) is 0.867. The van der Waals surface area contributed by atoms with Crippen LogP contribution in [0.4, 0.5) is 11.4 Å². The number of piperazine rings is 1. The lowest BCUT2D eigenvalue weighted by Gasteiger charge is -2.36. The second-order valence-corrected chi connectivity index (χ2v) is 6.77. The lowest BCUT2D eigenvalue weighted by Crippen LogP contribution is -2.53. The number of carbonyl (C=O) groups is 2. The molecule has 2 fully saturated rings. The highest BCUT2D eigenvalue weighted by molar-refractivity contribution is 9.10. The van der Waals surface area contributed by atoms with Crippen molar-refractivity contribution in [3.63, 3.8) is 0 Å². The van der Waals surface area contributed by atoms with Crippen molar-refractivity contribution in [3.8, 4) is 0 Å². The molecule has 9 heteroatoms. The first-order valence-electron chi connectivity index (χ1n) is 7.74. The predicted molar refractivity (Wildman–Crippen MR) is 90.8 cm³/mol. The van der Waals surface area contributed by atoms with E-state index in [0.717, 1.165) is 18.5 Å². The number of hydrogen-bond donors (Lipinski definition) is 1. The topological polar surface area (TPSA) is 95.8 Å². The molecule has 2 aliphatic rings. The minimum absolute atomic E-state index is 0.0242.